The number of nitrogens with one attached hydrogen (secondary N) is 1. The molecule has 1 heterocycles. The van der Waals surface area contributed by atoms with Gasteiger partial charge >= 0.3 is 0 Å². The van der Waals surface area contributed by atoms with E-state index in [4.69, 9.17) is 4.74 Å². The first-order chi connectivity index (χ1) is 8.70. The second-order valence-electron chi connectivity index (χ2n) is 4.09. The third kappa shape index (κ3) is 4.55. The van der Waals surface area contributed by atoms with Crippen LogP contribution in [-0.4, -0.2) is 36.6 Å². The molecule has 0 atom stereocenters. The predicted molar refractivity (Wildman–Crippen MR) is 78.6 cm³/mol. The summed E-state index contributed by atoms with van der Waals surface area (Å²) in [4.78, 5) is 0. The van der Waals surface area contributed by atoms with Gasteiger partial charge in [-0.15, -0.1) is 0 Å². The van der Waals surface area contributed by atoms with E-state index in [2.05, 4.69) is 46.3 Å². The summed E-state index contributed by atoms with van der Waals surface area (Å²) in [5, 5.41) is 7.67. The fourth-order valence-corrected chi connectivity index (χ4v) is 2.37. The molecule has 0 radical (unpaired) electrons. The molecule has 0 aliphatic heterocycles. The first kappa shape index (κ1) is 15.4. The van der Waals surface area contributed by atoms with Crippen LogP contribution in [0.3, 0.4) is 0 Å². The Hall–Kier alpha value is -0.650. The van der Waals surface area contributed by atoms with Crippen LogP contribution in [0.25, 0.3) is 5.57 Å². The number of rotatable bonds is 8. The summed E-state index contributed by atoms with van der Waals surface area (Å²) in [6, 6.07) is 0. The second kappa shape index (κ2) is 8.45. The average molecular weight is 316 g/mol. The lowest BCUT2D eigenvalue weighted by Gasteiger charge is -2.08. The predicted octanol–water partition coefficient (Wildman–Crippen LogP) is 2.69. The van der Waals surface area contributed by atoms with E-state index in [0.29, 0.717) is 6.61 Å². The molecule has 0 spiro atoms. The number of aromatic nitrogens is 2. The van der Waals surface area contributed by atoms with Gasteiger partial charge in [0.1, 0.15) is 0 Å². The van der Waals surface area contributed by atoms with Gasteiger partial charge in [-0.3, -0.25) is 4.68 Å². The lowest BCUT2D eigenvalue weighted by atomic mass is 10.2. The molecule has 0 fully saturated rings. The summed E-state index contributed by atoms with van der Waals surface area (Å²) in [5.41, 5.74) is 2.39. The topological polar surface area (TPSA) is 39.1 Å². The largest absolute Gasteiger partial charge is 0.383 e. The molecular weight excluding hydrogens is 294 g/mol. The van der Waals surface area contributed by atoms with E-state index in [1.807, 2.05) is 10.9 Å². The molecule has 0 saturated heterocycles. The third-order valence-electron chi connectivity index (χ3n) is 2.70. The van der Waals surface area contributed by atoms with Crippen LogP contribution >= 0.6 is 15.9 Å². The van der Waals surface area contributed by atoms with E-state index >= 15 is 0 Å². The normalized spacial score (nSPS) is 12.1. The highest BCUT2D eigenvalue weighted by molar-refractivity contribution is 9.10. The molecule has 102 valence electrons. The standard InChI is InChI=1S/C13H22BrN3O/c1-4-15-7-5-6-11(2)13-12(14)10-16-17(13)8-9-18-3/h6,10,15H,4-5,7-9H2,1-3H3/b11-6-. The smallest absolute Gasteiger partial charge is 0.0779 e. The summed E-state index contributed by atoms with van der Waals surface area (Å²) in [7, 11) is 1.71. The van der Waals surface area contributed by atoms with Crippen molar-refractivity contribution in [2.75, 3.05) is 26.8 Å². The fraction of sp³-hybridized carbons (Fsp3) is 0.615. The van der Waals surface area contributed by atoms with Crippen LogP contribution in [0.2, 0.25) is 0 Å². The van der Waals surface area contributed by atoms with Crippen molar-refractivity contribution in [2.24, 2.45) is 0 Å². The minimum atomic E-state index is 0.672. The van der Waals surface area contributed by atoms with Gasteiger partial charge in [-0.1, -0.05) is 13.0 Å². The molecule has 0 aliphatic rings. The van der Waals surface area contributed by atoms with Crippen molar-refractivity contribution in [2.45, 2.75) is 26.8 Å². The van der Waals surface area contributed by atoms with Gasteiger partial charge in [-0.2, -0.15) is 5.10 Å². The quantitative estimate of drug-likeness (QED) is 0.750. The minimum Gasteiger partial charge on any atom is -0.383 e. The fourth-order valence-electron chi connectivity index (χ4n) is 1.77. The van der Waals surface area contributed by atoms with Crippen molar-refractivity contribution >= 4 is 21.5 Å². The average Bonchev–Trinajstić information content (AvgIpc) is 2.73. The van der Waals surface area contributed by atoms with Crippen LogP contribution in [0.5, 0.6) is 0 Å². The summed E-state index contributed by atoms with van der Waals surface area (Å²) in [6.45, 7) is 7.71. The molecule has 1 aromatic heterocycles. The Morgan fingerprint density at radius 3 is 3.06 bits per heavy atom. The second-order valence-corrected chi connectivity index (χ2v) is 4.94. The van der Waals surface area contributed by atoms with Gasteiger partial charge in [0.15, 0.2) is 0 Å². The highest BCUT2D eigenvalue weighted by atomic mass is 79.9. The molecular formula is C13H22BrN3O. The van der Waals surface area contributed by atoms with E-state index in [-0.39, 0.29) is 0 Å². The molecule has 0 amide bonds. The zero-order chi connectivity index (χ0) is 13.4. The molecule has 0 saturated carbocycles. The Bertz CT molecular complexity index is 388. The Balaban J connectivity index is 2.70. The van der Waals surface area contributed by atoms with Crippen LogP contribution in [-0.2, 0) is 11.3 Å². The van der Waals surface area contributed by atoms with Gasteiger partial charge in [0.2, 0.25) is 0 Å². The first-order valence-electron chi connectivity index (χ1n) is 6.28. The number of nitrogens with zero attached hydrogens (tertiary/aromatic N) is 2. The Morgan fingerprint density at radius 1 is 1.61 bits per heavy atom. The summed E-state index contributed by atoms with van der Waals surface area (Å²) < 4.78 is 8.11. The lowest BCUT2D eigenvalue weighted by molar-refractivity contribution is 0.183. The van der Waals surface area contributed by atoms with Gasteiger partial charge in [-0.05, 0) is 47.9 Å². The molecule has 1 rings (SSSR count). The SMILES string of the molecule is CCNCC/C=C(/C)c1c(Br)cnn1CCOC. The molecule has 0 aromatic carbocycles. The monoisotopic (exact) mass is 315 g/mol. The number of halogens is 1. The van der Waals surface area contributed by atoms with Crippen molar-refractivity contribution in [3.05, 3.63) is 22.4 Å². The molecule has 1 N–H and O–H groups in total. The maximum Gasteiger partial charge on any atom is 0.0779 e. The van der Waals surface area contributed by atoms with Crippen molar-refractivity contribution in [1.29, 1.82) is 0 Å². The van der Waals surface area contributed by atoms with Crippen molar-refractivity contribution in [1.82, 2.24) is 15.1 Å². The molecule has 5 heteroatoms. The van der Waals surface area contributed by atoms with Crippen LogP contribution in [0.4, 0.5) is 0 Å². The molecule has 1 aromatic rings. The number of ether oxygens (including phenoxy) is 1. The van der Waals surface area contributed by atoms with Crippen LogP contribution in [0, 0.1) is 0 Å². The van der Waals surface area contributed by atoms with Gasteiger partial charge in [-0.25, -0.2) is 0 Å². The van der Waals surface area contributed by atoms with Gasteiger partial charge < -0.3 is 10.1 Å². The van der Waals surface area contributed by atoms with Crippen LogP contribution in [0.15, 0.2) is 16.7 Å². The van der Waals surface area contributed by atoms with E-state index in [1.165, 1.54) is 5.57 Å². The summed E-state index contributed by atoms with van der Waals surface area (Å²) in [6.07, 6.45) is 5.11. The van der Waals surface area contributed by atoms with Gasteiger partial charge in [0.05, 0.1) is 29.5 Å². The maximum atomic E-state index is 5.10. The molecule has 4 nitrogen and oxygen atoms in total. The molecule has 0 bridgehead atoms. The highest BCUT2D eigenvalue weighted by Crippen LogP contribution is 2.24. The van der Waals surface area contributed by atoms with E-state index in [9.17, 15) is 0 Å². The van der Waals surface area contributed by atoms with Crippen LogP contribution < -0.4 is 5.32 Å². The van der Waals surface area contributed by atoms with E-state index in [1.54, 1.807) is 7.11 Å². The lowest BCUT2D eigenvalue weighted by Crippen LogP contribution is -2.13. The Morgan fingerprint density at radius 2 is 2.39 bits per heavy atom. The zero-order valence-electron chi connectivity index (χ0n) is 11.4. The van der Waals surface area contributed by atoms with Gasteiger partial charge in [0.25, 0.3) is 0 Å². The third-order valence-corrected chi connectivity index (χ3v) is 3.28. The molecule has 18 heavy (non-hydrogen) atoms. The number of methoxy groups -OCH3 is 1. The number of allylic oxidation sites excluding steroid dienone is 1. The summed E-state index contributed by atoms with van der Waals surface area (Å²) in [5.74, 6) is 0. The molecule has 0 unspecified atom stereocenters. The Labute approximate surface area is 118 Å². The highest BCUT2D eigenvalue weighted by Gasteiger charge is 2.09. The van der Waals surface area contributed by atoms with E-state index < -0.39 is 0 Å². The Kier molecular flexibility index (Phi) is 7.23. The van der Waals surface area contributed by atoms with Gasteiger partial charge in [0, 0.05) is 7.11 Å². The number of hydrogen-bond acceptors (Lipinski definition) is 3. The first-order valence-corrected chi connectivity index (χ1v) is 7.08. The maximum absolute atomic E-state index is 5.10. The zero-order valence-corrected chi connectivity index (χ0v) is 13.0. The van der Waals surface area contributed by atoms with Crippen LogP contribution in [0.1, 0.15) is 26.0 Å². The van der Waals surface area contributed by atoms with Crippen molar-refractivity contribution in [3.8, 4) is 0 Å². The van der Waals surface area contributed by atoms with Crippen molar-refractivity contribution in [3.63, 3.8) is 0 Å². The van der Waals surface area contributed by atoms with Crippen molar-refractivity contribution < 1.29 is 4.74 Å². The molecule has 0 aliphatic carbocycles. The van der Waals surface area contributed by atoms with E-state index in [0.717, 1.165) is 36.2 Å². The summed E-state index contributed by atoms with van der Waals surface area (Å²) >= 11 is 3.55. The minimum absolute atomic E-state index is 0.672. The number of hydrogen-bond donors (Lipinski definition) is 1.